The fourth-order valence-electron chi connectivity index (χ4n) is 0.846. The van der Waals surface area contributed by atoms with Gasteiger partial charge in [-0.05, 0) is 19.3 Å². The summed E-state index contributed by atoms with van der Waals surface area (Å²) in [5.41, 5.74) is 0. The lowest BCUT2D eigenvalue weighted by atomic mass is 10.3. The maximum Gasteiger partial charge on any atom is 0.277 e. The standard InChI is InChI=1S/C7H16N2O2S/c1-2-3-6-8-12(10,11)9-7-4-5-7/h7-9H,2-6H2,1H3. The van der Waals surface area contributed by atoms with Gasteiger partial charge in [0.05, 0.1) is 0 Å². The van der Waals surface area contributed by atoms with Crippen LogP contribution in [0.4, 0.5) is 0 Å². The van der Waals surface area contributed by atoms with E-state index in [0.717, 1.165) is 25.7 Å². The fraction of sp³-hybridized carbons (Fsp3) is 1.00. The molecular weight excluding hydrogens is 176 g/mol. The van der Waals surface area contributed by atoms with Crippen LogP contribution < -0.4 is 9.44 Å². The zero-order chi connectivity index (χ0) is 9.03. The number of hydrogen-bond acceptors (Lipinski definition) is 2. The second-order valence-corrected chi connectivity index (χ2v) is 4.67. The van der Waals surface area contributed by atoms with Crippen molar-refractivity contribution in [2.24, 2.45) is 0 Å². The highest BCUT2D eigenvalue weighted by Crippen LogP contribution is 2.19. The smallest absolute Gasteiger partial charge is 0.202 e. The molecule has 1 fully saturated rings. The lowest BCUT2D eigenvalue weighted by Crippen LogP contribution is -2.38. The molecule has 5 heteroatoms. The van der Waals surface area contributed by atoms with Crippen LogP contribution in [0.25, 0.3) is 0 Å². The molecule has 0 unspecified atom stereocenters. The Hall–Kier alpha value is -0.130. The molecule has 0 aromatic carbocycles. The van der Waals surface area contributed by atoms with E-state index in [1.807, 2.05) is 6.92 Å². The van der Waals surface area contributed by atoms with E-state index >= 15 is 0 Å². The van der Waals surface area contributed by atoms with Crippen LogP contribution in [0.3, 0.4) is 0 Å². The zero-order valence-electron chi connectivity index (χ0n) is 7.34. The van der Waals surface area contributed by atoms with Gasteiger partial charge >= 0.3 is 0 Å². The largest absolute Gasteiger partial charge is 0.277 e. The number of nitrogens with one attached hydrogen (secondary N) is 2. The minimum atomic E-state index is -3.19. The van der Waals surface area contributed by atoms with Crippen molar-refractivity contribution in [1.82, 2.24) is 9.44 Å². The minimum absolute atomic E-state index is 0.198. The average Bonchev–Trinajstić information content (AvgIpc) is 2.71. The second-order valence-electron chi connectivity index (χ2n) is 3.14. The van der Waals surface area contributed by atoms with Gasteiger partial charge in [-0.3, -0.25) is 0 Å². The normalized spacial score (nSPS) is 18.1. The van der Waals surface area contributed by atoms with Crippen molar-refractivity contribution < 1.29 is 8.42 Å². The molecule has 0 spiro atoms. The summed E-state index contributed by atoms with van der Waals surface area (Å²) in [4.78, 5) is 0. The Labute approximate surface area is 73.9 Å². The van der Waals surface area contributed by atoms with Crippen LogP contribution >= 0.6 is 0 Å². The van der Waals surface area contributed by atoms with Crippen molar-refractivity contribution in [3.05, 3.63) is 0 Å². The Morgan fingerprint density at radius 3 is 2.58 bits per heavy atom. The molecule has 1 aliphatic carbocycles. The molecule has 0 aliphatic heterocycles. The Balaban J connectivity index is 2.17. The predicted octanol–water partition coefficient (Wildman–Crippen LogP) is 0.373. The van der Waals surface area contributed by atoms with E-state index in [-0.39, 0.29) is 6.04 Å². The fourth-order valence-corrected chi connectivity index (χ4v) is 2.02. The van der Waals surface area contributed by atoms with Gasteiger partial charge in [-0.2, -0.15) is 13.1 Å². The van der Waals surface area contributed by atoms with Crippen LogP contribution in [0.2, 0.25) is 0 Å². The van der Waals surface area contributed by atoms with Crippen LogP contribution in [0.1, 0.15) is 32.6 Å². The maximum atomic E-state index is 11.1. The van der Waals surface area contributed by atoms with Crippen molar-refractivity contribution in [2.45, 2.75) is 38.6 Å². The van der Waals surface area contributed by atoms with Gasteiger partial charge in [0.25, 0.3) is 10.2 Å². The van der Waals surface area contributed by atoms with Crippen LogP contribution in [0.5, 0.6) is 0 Å². The topological polar surface area (TPSA) is 58.2 Å². The van der Waals surface area contributed by atoms with Gasteiger partial charge in [-0.15, -0.1) is 0 Å². The molecule has 0 bridgehead atoms. The third kappa shape index (κ3) is 4.04. The number of unbranched alkanes of at least 4 members (excludes halogenated alkanes) is 1. The van der Waals surface area contributed by atoms with Crippen molar-refractivity contribution in [1.29, 1.82) is 0 Å². The molecule has 1 aliphatic rings. The molecule has 4 nitrogen and oxygen atoms in total. The monoisotopic (exact) mass is 192 g/mol. The molecule has 0 radical (unpaired) electrons. The zero-order valence-corrected chi connectivity index (χ0v) is 8.15. The van der Waals surface area contributed by atoms with Crippen LogP contribution in [0, 0.1) is 0 Å². The molecule has 0 atom stereocenters. The molecular formula is C7H16N2O2S. The summed E-state index contributed by atoms with van der Waals surface area (Å²) in [6.45, 7) is 2.57. The molecule has 0 heterocycles. The van der Waals surface area contributed by atoms with Crippen molar-refractivity contribution >= 4 is 10.2 Å². The molecule has 0 aromatic heterocycles. The summed E-state index contributed by atoms with van der Waals surface area (Å²) in [5.74, 6) is 0. The summed E-state index contributed by atoms with van der Waals surface area (Å²) in [6, 6.07) is 0.198. The average molecular weight is 192 g/mol. The van der Waals surface area contributed by atoms with E-state index in [1.54, 1.807) is 0 Å². The summed E-state index contributed by atoms with van der Waals surface area (Å²) in [5, 5.41) is 0. The Morgan fingerprint density at radius 2 is 2.08 bits per heavy atom. The van der Waals surface area contributed by atoms with E-state index < -0.39 is 10.2 Å². The van der Waals surface area contributed by atoms with Gasteiger partial charge in [0, 0.05) is 12.6 Å². The molecule has 0 saturated heterocycles. The lowest BCUT2D eigenvalue weighted by molar-refractivity contribution is 0.563. The minimum Gasteiger partial charge on any atom is -0.202 e. The van der Waals surface area contributed by atoms with Crippen LogP contribution in [0.15, 0.2) is 0 Å². The maximum absolute atomic E-state index is 11.1. The van der Waals surface area contributed by atoms with E-state index in [9.17, 15) is 8.42 Å². The first-order chi connectivity index (χ1) is 5.64. The van der Waals surface area contributed by atoms with E-state index in [2.05, 4.69) is 9.44 Å². The molecule has 72 valence electrons. The van der Waals surface area contributed by atoms with Crippen LogP contribution in [-0.2, 0) is 10.2 Å². The van der Waals surface area contributed by atoms with E-state index in [0.29, 0.717) is 6.54 Å². The molecule has 1 saturated carbocycles. The molecule has 1 rings (SSSR count). The van der Waals surface area contributed by atoms with Crippen LogP contribution in [-0.4, -0.2) is 21.0 Å². The third-order valence-electron chi connectivity index (χ3n) is 1.72. The second kappa shape index (κ2) is 4.20. The van der Waals surface area contributed by atoms with Gasteiger partial charge in [0.15, 0.2) is 0 Å². The quantitative estimate of drug-likeness (QED) is 0.597. The highest BCUT2D eigenvalue weighted by molar-refractivity contribution is 7.87. The van der Waals surface area contributed by atoms with Gasteiger partial charge < -0.3 is 0 Å². The predicted molar refractivity (Wildman–Crippen MR) is 48.0 cm³/mol. The molecule has 0 amide bonds. The Bertz CT molecular complexity index is 222. The Morgan fingerprint density at radius 1 is 1.42 bits per heavy atom. The number of rotatable bonds is 6. The first kappa shape index (κ1) is 9.95. The molecule has 2 N–H and O–H groups in total. The van der Waals surface area contributed by atoms with Gasteiger partial charge in [-0.1, -0.05) is 13.3 Å². The van der Waals surface area contributed by atoms with E-state index in [1.165, 1.54) is 0 Å². The van der Waals surface area contributed by atoms with Crippen molar-refractivity contribution in [3.63, 3.8) is 0 Å². The van der Waals surface area contributed by atoms with Gasteiger partial charge in [0.1, 0.15) is 0 Å². The number of hydrogen-bond donors (Lipinski definition) is 2. The summed E-state index contributed by atoms with van der Waals surface area (Å²) < 4.78 is 27.3. The third-order valence-corrected chi connectivity index (χ3v) is 2.95. The van der Waals surface area contributed by atoms with Gasteiger partial charge in [0.2, 0.25) is 0 Å². The molecule has 0 aromatic rings. The highest BCUT2D eigenvalue weighted by Gasteiger charge is 2.26. The SMILES string of the molecule is CCCCNS(=O)(=O)NC1CC1. The van der Waals surface area contributed by atoms with Gasteiger partial charge in [-0.25, -0.2) is 4.72 Å². The highest BCUT2D eigenvalue weighted by atomic mass is 32.2. The van der Waals surface area contributed by atoms with Crippen molar-refractivity contribution in [2.75, 3.05) is 6.54 Å². The Kier molecular flexibility index (Phi) is 3.49. The van der Waals surface area contributed by atoms with E-state index in [4.69, 9.17) is 0 Å². The lowest BCUT2D eigenvalue weighted by Gasteiger charge is -2.05. The molecule has 12 heavy (non-hydrogen) atoms. The summed E-state index contributed by atoms with van der Waals surface area (Å²) >= 11 is 0. The van der Waals surface area contributed by atoms with Crippen molar-refractivity contribution in [3.8, 4) is 0 Å². The first-order valence-corrected chi connectivity index (χ1v) is 5.89. The summed E-state index contributed by atoms with van der Waals surface area (Å²) in [6.07, 6.45) is 3.86. The summed E-state index contributed by atoms with van der Waals surface area (Å²) in [7, 11) is -3.19. The first-order valence-electron chi connectivity index (χ1n) is 4.41.